The number of phenolic OH excluding ortho intramolecular Hbond substituents is 1. The number of aromatic hydroxyl groups is 1. The third-order valence-corrected chi connectivity index (χ3v) is 9.90. The van der Waals surface area contributed by atoms with Crippen LogP contribution in [0.2, 0.25) is 0 Å². The van der Waals surface area contributed by atoms with E-state index in [1.165, 1.54) is 43.3 Å². The molecule has 3 unspecified atom stereocenters. The van der Waals surface area contributed by atoms with Crippen molar-refractivity contribution in [1.82, 2.24) is 9.80 Å². The number of Topliss-reactive ketones (excluding diaryl/α,β-unsaturated/α-hetero) is 2. The average Bonchev–Trinajstić information content (AvgIpc) is 3.02. The number of anilines is 1. The van der Waals surface area contributed by atoms with Crippen LogP contribution in [0.4, 0.5) is 18.9 Å². The van der Waals surface area contributed by atoms with Crippen LogP contribution in [-0.2, 0) is 33.4 Å². The molecular weight excluding hydrogens is 649 g/mol. The molecule has 0 saturated heterocycles. The number of hydrogen-bond donors (Lipinski definition) is 6. The summed E-state index contributed by atoms with van der Waals surface area (Å²) in [7, 11) is 4.72. The second-order valence-corrected chi connectivity index (χ2v) is 12.9. The number of hydrogen-bond acceptors (Lipinski definition) is 10. The molecule has 7 N–H and O–H groups in total. The number of rotatable bonds is 8. The van der Waals surface area contributed by atoms with Gasteiger partial charge in [0.1, 0.15) is 17.1 Å². The molecule has 5 atom stereocenters. The molecule has 0 bridgehead atoms. The lowest BCUT2D eigenvalue weighted by molar-refractivity contribution is -0.148. The van der Waals surface area contributed by atoms with Gasteiger partial charge < -0.3 is 31.5 Å². The molecule has 2 amide bonds. The van der Waals surface area contributed by atoms with Crippen LogP contribution in [0.1, 0.15) is 40.4 Å². The first-order valence-electron chi connectivity index (χ1n) is 15.5. The molecule has 0 radical (unpaired) electrons. The van der Waals surface area contributed by atoms with Gasteiger partial charge >= 0.3 is 6.18 Å². The number of primary amides is 1. The number of allylic oxidation sites excluding steroid dienone is 1. The lowest BCUT2D eigenvalue weighted by Gasteiger charge is -2.50. The van der Waals surface area contributed by atoms with Gasteiger partial charge in [0.2, 0.25) is 11.7 Å². The van der Waals surface area contributed by atoms with Gasteiger partial charge in [-0.25, -0.2) is 0 Å². The van der Waals surface area contributed by atoms with Gasteiger partial charge in [0.05, 0.1) is 28.9 Å². The highest BCUT2D eigenvalue weighted by molar-refractivity contribution is 6.25. The van der Waals surface area contributed by atoms with Gasteiger partial charge in [-0.1, -0.05) is 25.1 Å². The predicted molar refractivity (Wildman–Crippen MR) is 170 cm³/mol. The molecule has 0 heterocycles. The first kappa shape index (κ1) is 35.6. The van der Waals surface area contributed by atoms with Crippen molar-refractivity contribution in [2.45, 2.75) is 50.0 Å². The molecule has 2 aromatic carbocycles. The van der Waals surface area contributed by atoms with E-state index in [2.05, 4.69) is 5.32 Å². The number of fused-ring (bicyclic) bond motifs is 3. The highest BCUT2D eigenvalue weighted by Crippen LogP contribution is 2.52. The van der Waals surface area contributed by atoms with E-state index in [9.17, 15) is 52.8 Å². The summed E-state index contributed by atoms with van der Waals surface area (Å²) in [4.78, 5) is 56.3. The van der Waals surface area contributed by atoms with Crippen molar-refractivity contribution in [3.63, 3.8) is 0 Å². The van der Waals surface area contributed by atoms with Crippen LogP contribution in [0.3, 0.4) is 0 Å². The maximum absolute atomic E-state index is 14.0. The highest BCUT2D eigenvalue weighted by atomic mass is 19.4. The Balaban J connectivity index is 1.49. The second kappa shape index (κ2) is 12.6. The van der Waals surface area contributed by atoms with Crippen LogP contribution in [0.25, 0.3) is 0 Å². The zero-order valence-corrected chi connectivity index (χ0v) is 27.1. The number of amides is 2. The fourth-order valence-corrected chi connectivity index (χ4v) is 7.26. The molecule has 262 valence electrons. The van der Waals surface area contributed by atoms with Gasteiger partial charge in [-0.3, -0.25) is 29.0 Å². The van der Waals surface area contributed by atoms with Crippen molar-refractivity contribution in [2.24, 2.45) is 17.6 Å². The van der Waals surface area contributed by atoms with Gasteiger partial charge in [-0.05, 0) is 82.2 Å². The molecule has 0 aliphatic heterocycles. The molecule has 15 heteroatoms. The summed E-state index contributed by atoms with van der Waals surface area (Å²) in [6.45, 7) is 2.17. The van der Waals surface area contributed by atoms with Crippen LogP contribution in [0, 0.1) is 11.8 Å². The Labute approximate surface area is 279 Å². The van der Waals surface area contributed by atoms with Crippen LogP contribution >= 0.6 is 0 Å². The molecule has 0 fully saturated rings. The van der Waals surface area contributed by atoms with E-state index in [4.69, 9.17) is 5.73 Å². The number of halogens is 3. The zero-order valence-electron chi connectivity index (χ0n) is 27.1. The Morgan fingerprint density at radius 3 is 2.24 bits per heavy atom. The van der Waals surface area contributed by atoms with E-state index in [0.29, 0.717) is 17.7 Å². The molecule has 5 rings (SSSR count). The Bertz CT molecular complexity index is 1800. The lowest BCUT2D eigenvalue weighted by atomic mass is 9.58. The summed E-state index contributed by atoms with van der Waals surface area (Å²) in [5, 5.41) is 48.0. The molecule has 49 heavy (non-hydrogen) atoms. The fourth-order valence-electron chi connectivity index (χ4n) is 7.26. The quantitative estimate of drug-likeness (QED) is 0.178. The van der Waals surface area contributed by atoms with Crippen molar-refractivity contribution < 1.29 is 52.8 Å². The molecule has 3 aliphatic carbocycles. The summed E-state index contributed by atoms with van der Waals surface area (Å²) in [5.41, 5.74) is 0.873. The molecule has 0 saturated carbocycles. The van der Waals surface area contributed by atoms with E-state index in [0.717, 1.165) is 12.1 Å². The molecule has 0 aromatic heterocycles. The molecule has 0 spiro atoms. The van der Waals surface area contributed by atoms with Crippen molar-refractivity contribution >= 4 is 29.1 Å². The first-order chi connectivity index (χ1) is 22.8. The molecular formula is C34H37F3N4O8. The number of aliphatic hydroxyl groups is 3. The summed E-state index contributed by atoms with van der Waals surface area (Å²) in [6, 6.07) is 5.32. The third-order valence-electron chi connectivity index (χ3n) is 9.90. The number of phenols is 1. The van der Waals surface area contributed by atoms with Crippen molar-refractivity contribution in [2.75, 3.05) is 33.0 Å². The van der Waals surface area contributed by atoms with Crippen LogP contribution in [-0.4, -0.2) is 99.0 Å². The van der Waals surface area contributed by atoms with Gasteiger partial charge in [0, 0.05) is 11.5 Å². The molecule has 12 nitrogen and oxygen atoms in total. The van der Waals surface area contributed by atoms with Crippen molar-refractivity contribution in [1.29, 1.82) is 0 Å². The molecule has 2 aromatic rings. The molecule has 3 aliphatic rings. The topological polar surface area (TPSA) is 194 Å². The first-order valence-corrected chi connectivity index (χ1v) is 15.5. The maximum Gasteiger partial charge on any atom is 0.416 e. The maximum atomic E-state index is 14.0. The summed E-state index contributed by atoms with van der Waals surface area (Å²) in [5.74, 6) is -8.44. The third kappa shape index (κ3) is 5.85. The number of aliphatic hydroxyl groups excluding tert-OH is 2. The van der Waals surface area contributed by atoms with Gasteiger partial charge in [0.25, 0.3) is 5.91 Å². The average molecular weight is 687 g/mol. The van der Waals surface area contributed by atoms with Crippen molar-refractivity contribution in [3.05, 3.63) is 81.3 Å². The van der Waals surface area contributed by atoms with E-state index >= 15 is 0 Å². The second-order valence-electron chi connectivity index (χ2n) is 12.9. The van der Waals surface area contributed by atoms with Crippen LogP contribution < -0.4 is 11.1 Å². The monoisotopic (exact) mass is 686 g/mol. The van der Waals surface area contributed by atoms with E-state index < -0.39 is 87.5 Å². The number of benzene rings is 2. The van der Waals surface area contributed by atoms with Crippen LogP contribution in [0.5, 0.6) is 5.75 Å². The Morgan fingerprint density at radius 2 is 1.69 bits per heavy atom. The minimum Gasteiger partial charge on any atom is -0.510 e. The van der Waals surface area contributed by atoms with Crippen LogP contribution in [0.15, 0.2) is 59.1 Å². The Hall–Kier alpha value is -4.73. The minimum absolute atomic E-state index is 0.0282. The van der Waals surface area contributed by atoms with E-state index in [-0.39, 0.29) is 36.1 Å². The summed E-state index contributed by atoms with van der Waals surface area (Å²) in [6.07, 6.45) is -4.49. The van der Waals surface area contributed by atoms with Gasteiger partial charge in [-0.15, -0.1) is 0 Å². The zero-order chi connectivity index (χ0) is 36.3. The Kier molecular flexibility index (Phi) is 9.16. The minimum atomic E-state index is -4.52. The standard InChI is InChI=1S/C34H37F3N4O8/c1-5-41(4)21(12-15-6-9-18(10-7-15)34(35,36)37)32(48)39-20-11-8-16-13-17-14-19-25(40(2)3)28(44)24(31(38)47)30(46)33(19,49)29(45)23(17)27(43)22(16)26(20)42/h6-11,17,19,21,25,42,44-45,49H,5,12-14H2,1-4H3,(H2,38,47)(H,39,48)/t17?,19?,21?,25-,33-/m0/s1. The SMILES string of the molecule is CCN(C)C(Cc1ccc(C(F)(F)F)cc1)C(=O)Nc1ccc2c(c1O)C(=O)C1=C(O)[C@]3(O)C(=O)C(C(N)=O)=C(O)[C@@H](N(C)C)C3CC1C2. The summed E-state index contributed by atoms with van der Waals surface area (Å²) < 4.78 is 39.2. The predicted octanol–water partition coefficient (Wildman–Crippen LogP) is 2.64. The Morgan fingerprint density at radius 1 is 1.06 bits per heavy atom. The number of nitrogens with one attached hydrogen (secondary N) is 1. The normalized spacial score (nSPS) is 24.5. The number of nitrogens with zero attached hydrogens (tertiary/aromatic N) is 2. The fraction of sp³-hybridized carbons (Fsp3) is 0.412. The number of carbonyl (C=O) groups is 4. The van der Waals surface area contributed by atoms with E-state index in [1.54, 1.807) is 18.9 Å². The lowest BCUT2D eigenvalue weighted by Crippen LogP contribution is -2.63. The van der Waals surface area contributed by atoms with Crippen molar-refractivity contribution in [3.8, 4) is 5.75 Å². The number of carbonyl (C=O) groups excluding carboxylic acids is 4. The number of nitrogens with two attached hydrogens (primary N) is 1. The number of alkyl halides is 3. The van der Waals surface area contributed by atoms with Gasteiger partial charge in [-0.2, -0.15) is 13.2 Å². The number of likely N-dealkylation sites (N-methyl/N-ethyl adjacent to an activating group) is 2. The largest absolute Gasteiger partial charge is 0.510 e. The smallest absolute Gasteiger partial charge is 0.416 e. The highest BCUT2D eigenvalue weighted by Gasteiger charge is 2.63. The summed E-state index contributed by atoms with van der Waals surface area (Å²) >= 11 is 0. The number of ketones is 2. The van der Waals surface area contributed by atoms with Gasteiger partial charge in [0.15, 0.2) is 17.1 Å². The van der Waals surface area contributed by atoms with E-state index in [1.807, 2.05) is 0 Å².